The van der Waals surface area contributed by atoms with Crippen LogP contribution in [0.25, 0.3) is 0 Å². The summed E-state index contributed by atoms with van der Waals surface area (Å²) in [5, 5.41) is 6.85. The van der Waals surface area contributed by atoms with E-state index in [1.165, 1.54) is 17.0 Å². The molecule has 4 N–H and O–H groups in total. The lowest BCUT2D eigenvalue weighted by Crippen LogP contribution is -2.90. The van der Waals surface area contributed by atoms with Gasteiger partial charge in [0.05, 0.1) is 17.0 Å². The van der Waals surface area contributed by atoms with Crippen molar-refractivity contribution in [3.63, 3.8) is 0 Å². The van der Waals surface area contributed by atoms with E-state index in [-0.39, 0.29) is 23.1 Å². The predicted octanol–water partition coefficient (Wildman–Crippen LogP) is -0.270. The van der Waals surface area contributed by atoms with Crippen LogP contribution in [0, 0.1) is 0 Å². The van der Waals surface area contributed by atoms with Crippen molar-refractivity contribution in [2.45, 2.75) is 23.9 Å². The van der Waals surface area contributed by atoms with E-state index in [4.69, 9.17) is 5.14 Å². The van der Waals surface area contributed by atoms with Crippen LogP contribution in [0.5, 0.6) is 0 Å². The minimum absolute atomic E-state index is 0.0404. The van der Waals surface area contributed by atoms with Gasteiger partial charge in [0, 0.05) is 5.56 Å². The van der Waals surface area contributed by atoms with Crippen molar-refractivity contribution in [2.75, 3.05) is 4.90 Å². The Morgan fingerprint density at radius 2 is 1.68 bits per heavy atom. The van der Waals surface area contributed by atoms with Crippen molar-refractivity contribution in [1.82, 2.24) is 0 Å². The average molecular weight is 360 g/mol. The first-order valence-electron chi connectivity index (χ1n) is 7.73. The molecule has 0 unspecified atom stereocenters. The quantitative estimate of drug-likeness (QED) is 0.714. The van der Waals surface area contributed by atoms with Gasteiger partial charge in [0.15, 0.2) is 6.04 Å². The van der Waals surface area contributed by atoms with E-state index in [0.29, 0.717) is 12.2 Å². The Bertz CT molecular complexity index is 895. The molecule has 7 nitrogen and oxygen atoms in total. The lowest BCUT2D eigenvalue weighted by Gasteiger charge is -2.14. The smallest absolute Gasteiger partial charge is 0.292 e. The van der Waals surface area contributed by atoms with Crippen molar-refractivity contribution in [3.05, 3.63) is 60.2 Å². The zero-order valence-electron chi connectivity index (χ0n) is 13.3. The number of primary sulfonamides is 1. The van der Waals surface area contributed by atoms with E-state index in [1.807, 2.05) is 6.07 Å². The van der Waals surface area contributed by atoms with Crippen LogP contribution in [0.4, 0.5) is 5.69 Å². The second-order valence-electron chi connectivity index (χ2n) is 5.84. The van der Waals surface area contributed by atoms with Crippen LogP contribution >= 0.6 is 0 Å². The third-order valence-corrected chi connectivity index (χ3v) is 5.02. The topological polar surface area (TPSA) is 114 Å². The molecule has 0 radical (unpaired) electrons. The molecule has 1 fully saturated rings. The lowest BCUT2D eigenvalue weighted by atomic mass is 10.2. The summed E-state index contributed by atoms with van der Waals surface area (Å²) in [5.74, 6) is -0.459. The first-order valence-corrected chi connectivity index (χ1v) is 9.28. The molecule has 0 aliphatic carbocycles. The molecule has 3 rings (SSSR count). The van der Waals surface area contributed by atoms with Gasteiger partial charge in [-0.1, -0.05) is 30.3 Å². The fourth-order valence-corrected chi connectivity index (χ4v) is 3.30. The first kappa shape index (κ1) is 17.3. The molecular weight excluding hydrogens is 342 g/mol. The van der Waals surface area contributed by atoms with Crippen LogP contribution < -0.4 is 15.4 Å². The SMILES string of the molecule is NS(=O)(=O)c1ccc(C[NH2+][C@H]2CC(=O)N(c3ccccc3)C2=O)cc1. The van der Waals surface area contributed by atoms with Gasteiger partial charge < -0.3 is 5.32 Å². The number of hydrogen-bond donors (Lipinski definition) is 2. The van der Waals surface area contributed by atoms with E-state index in [1.54, 1.807) is 41.7 Å². The maximum absolute atomic E-state index is 12.5. The molecule has 2 aromatic rings. The summed E-state index contributed by atoms with van der Waals surface area (Å²) in [5.41, 5.74) is 1.41. The first-order chi connectivity index (χ1) is 11.9. The Hall–Kier alpha value is -2.55. The number of nitrogens with two attached hydrogens (primary N) is 2. The normalized spacial score (nSPS) is 18.0. The number of nitrogens with zero attached hydrogens (tertiary/aromatic N) is 1. The van der Waals surface area contributed by atoms with Crippen LogP contribution in [0.15, 0.2) is 59.5 Å². The number of rotatable bonds is 5. The highest BCUT2D eigenvalue weighted by Crippen LogP contribution is 2.21. The van der Waals surface area contributed by atoms with Crippen molar-refractivity contribution in [1.29, 1.82) is 0 Å². The zero-order valence-corrected chi connectivity index (χ0v) is 14.1. The number of benzene rings is 2. The van der Waals surface area contributed by atoms with Crippen LogP contribution in [0.3, 0.4) is 0 Å². The largest absolute Gasteiger partial charge is 0.332 e. The third kappa shape index (κ3) is 3.76. The number of imide groups is 1. The molecule has 0 spiro atoms. The van der Waals surface area contributed by atoms with Crippen molar-refractivity contribution >= 4 is 27.5 Å². The van der Waals surface area contributed by atoms with Gasteiger partial charge in [-0.15, -0.1) is 0 Å². The lowest BCUT2D eigenvalue weighted by molar-refractivity contribution is -0.690. The van der Waals surface area contributed by atoms with Crippen LogP contribution in [-0.2, 0) is 26.2 Å². The average Bonchev–Trinajstić information content (AvgIpc) is 2.87. The van der Waals surface area contributed by atoms with Crippen LogP contribution in [-0.4, -0.2) is 26.3 Å². The van der Waals surface area contributed by atoms with Crippen LogP contribution in [0.1, 0.15) is 12.0 Å². The highest BCUT2D eigenvalue weighted by molar-refractivity contribution is 7.89. The number of para-hydroxylation sites is 1. The second-order valence-corrected chi connectivity index (χ2v) is 7.40. The van der Waals surface area contributed by atoms with E-state index >= 15 is 0 Å². The van der Waals surface area contributed by atoms with E-state index < -0.39 is 16.1 Å². The number of hydrogen-bond acceptors (Lipinski definition) is 4. The molecule has 130 valence electrons. The minimum atomic E-state index is -3.72. The van der Waals surface area contributed by atoms with E-state index in [9.17, 15) is 18.0 Å². The molecule has 1 heterocycles. The van der Waals surface area contributed by atoms with Gasteiger partial charge in [-0.3, -0.25) is 9.59 Å². The Labute approximate surface area is 145 Å². The standard InChI is InChI=1S/C17H17N3O4S/c18-25(23,24)14-8-6-12(7-9-14)11-19-15-10-16(21)20(17(15)22)13-4-2-1-3-5-13/h1-9,15,19H,10-11H2,(H2,18,23,24)/p+1/t15-/m0/s1. The number of amides is 2. The number of carbonyl (C=O) groups excluding carboxylic acids is 2. The molecule has 2 aromatic carbocycles. The van der Waals surface area contributed by atoms with E-state index in [0.717, 1.165) is 5.56 Å². The molecule has 1 aliphatic rings. The molecule has 1 saturated heterocycles. The van der Waals surface area contributed by atoms with Gasteiger partial charge in [0.25, 0.3) is 5.91 Å². The summed E-state index contributed by atoms with van der Waals surface area (Å²) in [6.07, 6.45) is 0.142. The highest BCUT2D eigenvalue weighted by Gasteiger charge is 2.42. The maximum atomic E-state index is 12.5. The number of sulfonamides is 1. The molecule has 1 atom stereocenters. The molecule has 25 heavy (non-hydrogen) atoms. The minimum Gasteiger partial charge on any atom is -0.332 e. The van der Waals surface area contributed by atoms with Gasteiger partial charge >= 0.3 is 0 Å². The summed E-state index contributed by atoms with van der Waals surface area (Å²) in [6.45, 7) is 0.456. The second kappa shape index (κ2) is 6.75. The number of anilines is 1. The Morgan fingerprint density at radius 1 is 1.04 bits per heavy atom. The Morgan fingerprint density at radius 3 is 2.28 bits per heavy atom. The zero-order chi connectivity index (χ0) is 18.0. The molecule has 1 aliphatic heterocycles. The van der Waals surface area contributed by atoms with Gasteiger partial charge in [0.2, 0.25) is 15.9 Å². The van der Waals surface area contributed by atoms with Gasteiger partial charge in [-0.05, 0) is 24.3 Å². The van der Waals surface area contributed by atoms with Gasteiger partial charge in [-0.25, -0.2) is 18.5 Å². The molecule has 8 heteroatoms. The monoisotopic (exact) mass is 360 g/mol. The third-order valence-electron chi connectivity index (χ3n) is 4.09. The summed E-state index contributed by atoms with van der Waals surface area (Å²) in [4.78, 5) is 25.9. The number of carbonyl (C=O) groups is 2. The Balaban J connectivity index is 1.66. The molecule has 0 aromatic heterocycles. The molecular formula is C17H18N3O4S+. The van der Waals surface area contributed by atoms with Gasteiger partial charge in [-0.2, -0.15) is 0 Å². The summed E-state index contributed by atoms with van der Waals surface area (Å²) in [6, 6.07) is 14.5. The summed E-state index contributed by atoms with van der Waals surface area (Å²) < 4.78 is 22.5. The molecule has 2 amide bonds. The summed E-state index contributed by atoms with van der Waals surface area (Å²) >= 11 is 0. The fourth-order valence-electron chi connectivity index (χ4n) is 2.78. The fraction of sp³-hybridized carbons (Fsp3) is 0.176. The van der Waals surface area contributed by atoms with E-state index in [2.05, 4.69) is 0 Å². The number of quaternary nitrogens is 1. The molecule has 0 saturated carbocycles. The van der Waals surface area contributed by atoms with Crippen molar-refractivity contribution in [2.24, 2.45) is 5.14 Å². The Kier molecular flexibility index (Phi) is 4.67. The predicted molar refractivity (Wildman–Crippen MR) is 90.8 cm³/mol. The van der Waals surface area contributed by atoms with Crippen molar-refractivity contribution in [3.8, 4) is 0 Å². The summed E-state index contributed by atoms with van der Waals surface area (Å²) in [7, 11) is -3.72. The molecule has 0 bridgehead atoms. The van der Waals surface area contributed by atoms with Gasteiger partial charge in [0.1, 0.15) is 6.54 Å². The van der Waals surface area contributed by atoms with Crippen molar-refractivity contribution < 1.29 is 23.3 Å². The highest BCUT2D eigenvalue weighted by atomic mass is 32.2. The maximum Gasteiger partial charge on any atom is 0.292 e. The van der Waals surface area contributed by atoms with Crippen LogP contribution in [0.2, 0.25) is 0 Å².